The normalized spacial score (nSPS) is 16.9. The van der Waals surface area contributed by atoms with E-state index in [0.29, 0.717) is 36.4 Å². The molecule has 1 heterocycles. The Bertz CT molecular complexity index is 823. The lowest BCUT2D eigenvalue weighted by atomic mass is 9.90. The highest BCUT2D eigenvalue weighted by atomic mass is 32.2. The molecule has 2 aromatic carbocycles. The maximum absolute atomic E-state index is 12.8. The Balaban J connectivity index is 1.71. The lowest BCUT2D eigenvalue weighted by Gasteiger charge is -2.31. The molecule has 0 unspecified atom stereocenters. The minimum atomic E-state index is -3.48. The van der Waals surface area contributed by atoms with E-state index in [4.69, 9.17) is 0 Å². The van der Waals surface area contributed by atoms with Crippen molar-refractivity contribution in [3.05, 3.63) is 65.7 Å². The minimum Gasteiger partial charge on any atom is -0.294 e. The third kappa shape index (κ3) is 3.28. The fourth-order valence-electron chi connectivity index (χ4n) is 3.18. The number of piperidine rings is 1. The molecule has 1 aliphatic rings. The van der Waals surface area contributed by atoms with Gasteiger partial charge in [0.25, 0.3) is 0 Å². The molecule has 3 rings (SSSR count). The van der Waals surface area contributed by atoms with E-state index in [9.17, 15) is 13.2 Å². The van der Waals surface area contributed by atoms with E-state index in [1.807, 2.05) is 36.4 Å². The van der Waals surface area contributed by atoms with Gasteiger partial charge in [0, 0.05) is 24.6 Å². The van der Waals surface area contributed by atoms with Gasteiger partial charge in [0.05, 0.1) is 4.90 Å². The summed E-state index contributed by atoms with van der Waals surface area (Å²) in [4.78, 5) is 12.9. The molecule has 0 spiro atoms. The molecule has 4 nitrogen and oxygen atoms in total. The molecule has 0 aromatic heterocycles. The van der Waals surface area contributed by atoms with Crippen LogP contribution >= 0.6 is 0 Å². The predicted molar refractivity (Wildman–Crippen MR) is 93.4 cm³/mol. The number of aryl methyl sites for hydroxylation is 1. The van der Waals surface area contributed by atoms with Gasteiger partial charge in [-0.2, -0.15) is 4.31 Å². The zero-order valence-corrected chi connectivity index (χ0v) is 14.5. The molecule has 0 aliphatic carbocycles. The van der Waals surface area contributed by atoms with Crippen molar-refractivity contribution in [3.8, 4) is 0 Å². The fourth-order valence-corrected chi connectivity index (χ4v) is 4.88. The third-order valence-corrected chi connectivity index (χ3v) is 6.65. The van der Waals surface area contributed by atoms with Gasteiger partial charge in [-0.1, -0.05) is 48.5 Å². The molecule has 2 aromatic rings. The van der Waals surface area contributed by atoms with Crippen LogP contribution in [0.3, 0.4) is 0 Å². The number of Topliss-reactive ketones (excluding diaryl/α,β-unsaturated/α-hetero) is 1. The molecular formula is C19H21NO3S. The Morgan fingerprint density at radius 3 is 2.17 bits per heavy atom. The van der Waals surface area contributed by atoms with Crippen LogP contribution in [0.1, 0.15) is 28.8 Å². The molecular weight excluding hydrogens is 322 g/mol. The van der Waals surface area contributed by atoms with Crippen LogP contribution < -0.4 is 0 Å². The van der Waals surface area contributed by atoms with Gasteiger partial charge in [0.1, 0.15) is 0 Å². The Morgan fingerprint density at radius 2 is 1.54 bits per heavy atom. The Kier molecular flexibility index (Phi) is 4.83. The van der Waals surface area contributed by atoms with E-state index in [1.54, 1.807) is 25.1 Å². The summed E-state index contributed by atoms with van der Waals surface area (Å²) < 4.78 is 27.1. The zero-order valence-electron chi connectivity index (χ0n) is 13.7. The first kappa shape index (κ1) is 16.9. The standard InChI is InChI=1S/C19H21NO3S/c1-15-7-5-6-10-18(15)24(22,23)20-13-11-17(12-14-20)19(21)16-8-3-2-4-9-16/h2-10,17H,11-14H2,1H3. The molecule has 5 heteroatoms. The third-order valence-electron chi connectivity index (χ3n) is 4.59. The number of carbonyl (C=O) groups excluding carboxylic acids is 1. The minimum absolute atomic E-state index is 0.101. The smallest absolute Gasteiger partial charge is 0.243 e. The van der Waals surface area contributed by atoms with Gasteiger partial charge in [-0.25, -0.2) is 8.42 Å². The second kappa shape index (κ2) is 6.87. The van der Waals surface area contributed by atoms with Crippen molar-refractivity contribution < 1.29 is 13.2 Å². The molecule has 1 fully saturated rings. The van der Waals surface area contributed by atoms with Crippen LogP contribution in [0.4, 0.5) is 0 Å². The summed E-state index contributed by atoms with van der Waals surface area (Å²) in [5, 5.41) is 0. The van der Waals surface area contributed by atoms with Crippen LogP contribution in [-0.4, -0.2) is 31.6 Å². The van der Waals surface area contributed by atoms with Gasteiger partial charge < -0.3 is 0 Å². The summed E-state index contributed by atoms with van der Waals surface area (Å²) >= 11 is 0. The lowest BCUT2D eigenvalue weighted by Crippen LogP contribution is -2.40. The summed E-state index contributed by atoms with van der Waals surface area (Å²) in [5.41, 5.74) is 1.46. The van der Waals surface area contributed by atoms with Crippen LogP contribution in [0, 0.1) is 12.8 Å². The number of rotatable bonds is 4. The van der Waals surface area contributed by atoms with Crippen LogP contribution in [0.15, 0.2) is 59.5 Å². The number of nitrogens with zero attached hydrogens (tertiary/aromatic N) is 1. The van der Waals surface area contributed by atoms with E-state index in [1.165, 1.54) is 4.31 Å². The molecule has 0 N–H and O–H groups in total. The maximum Gasteiger partial charge on any atom is 0.243 e. The summed E-state index contributed by atoms with van der Waals surface area (Å²) in [7, 11) is -3.48. The van der Waals surface area contributed by atoms with Crippen molar-refractivity contribution in [2.75, 3.05) is 13.1 Å². The largest absolute Gasteiger partial charge is 0.294 e. The first-order chi connectivity index (χ1) is 11.5. The van der Waals surface area contributed by atoms with Gasteiger partial charge in [0.15, 0.2) is 5.78 Å². The summed E-state index contributed by atoms with van der Waals surface area (Å²) in [6.07, 6.45) is 1.14. The van der Waals surface area contributed by atoms with Crippen molar-refractivity contribution in [1.29, 1.82) is 0 Å². The Hall–Kier alpha value is -1.98. The number of hydrogen-bond acceptors (Lipinski definition) is 3. The van der Waals surface area contributed by atoms with Crippen LogP contribution in [0.5, 0.6) is 0 Å². The summed E-state index contributed by atoms with van der Waals surface area (Å²) in [5.74, 6) is 0.0132. The average Bonchev–Trinajstić information content (AvgIpc) is 2.62. The van der Waals surface area contributed by atoms with Crippen LogP contribution in [0.2, 0.25) is 0 Å². The van der Waals surface area contributed by atoms with Gasteiger partial charge in [-0.3, -0.25) is 4.79 Å². The predicted octanol–water partition coefficient (Wildman–Crippen LogP) is 3.28. The molecule has 1 aliphatic heterocycles. The number of ketones is 1. The monoisotopic (exact) mass is 343 g/mol. The second-order valence-electron chi connectivity index (χ2n) is 6.17. The Labute approximate surface area is 143 Å². The molecule has 126 valence electrons. The van der Waals surface area contributed by atoms with Crippen LogP contribution in [0.25, 0.3) is 0 Å². The Morgan fingerprint density at radius 1 is 0.958 bits per heavy atom. The molecule has 0 amide bonds. The van der Waals surface area contributed by atoms with E-state index in [0.717, 1.165) is 5.56 Å². The van der Waals surface area contributed by atoms with E-state index in [-0.39, 0.29) is 11.7 Å². The van der Waals surface area contributed by atoms with Gasteiger partial charge in [-0.15, -0.1) is 0 Å². The average molecular weight is 343 g/mol. The molecule has 1 saturated heterocycles. The van der Waals surface area contributed by atoms with E-state index < -0.39 is 10.0 Å². The maximum atomic E-state index is 12.8. The highest BCUT2D eigenvalue weighted by molar-refractivity contribution is 7.89. The van der Waals surface area contributed by atoms with Crippen molar-refractivity contribution in [2.45, 2.75) is 24.7 Å². The SMILES string of the molecule is Cc1ccccc1S(=O)(=O)N1CCC(C(=O)c2ccccc2)CC1. The van der Waals surface area contributed by atoms with Crippen molar-refractivity contribution in [2.24, 2.45) is 5.92 Å². The molecule has 24 heavy (non-hydrogen) atoms. The van der Waals surface area contributed by atoms with Gasteiger partial charge >= 0.3 is 0 Å². The molecule has 0 radical (unpaired) electrons. The quantitative estimate of drug-likeness (QED) is 0.801. The summed E-state index contributed by atoms with van der Waals surface area (Å²) in [6, 6.07) is 16.2. The van der Waals surface area contributed by atoms with Gasteiger partial charge in [0.2, 0.25) is 10.0 Å². The van der Waals surface area contributed by atoms with Gasteiger partial charge in [-0.05, 0) is 31.4 Å². The van der Waals surface area contributed by atoms with Crippen LogP contribution in [-0.2, 0) is 10.0 Å². The highest BCUT2D eigenvalue weighted by Gasteiger charge is 2.32. The number of carbonyl (C=O) groups is 1. The fraction of sp³-hybridized carbons (Fsp3) is 0.316. The first-order valence-corrected chi connectivity index (χ1v) is 9.59. The topological polar surface area (TPSA) is 54.5 Å². The van der Waals surface area contributed by atoms with E-state index >= 15 is 0 Å². The highest BCUT2D eigenvalue weighted by Crippen LogP contribution is 2.27. The van der Waals surface area contributed by atoms with Crippen molar-refractivity contribution in [3.63, 3.8) is 0 Å². The summed E-state index contributed by atoms with van der Waals surface area (Å²) in [6.45, 7) is 2.58. The molecule has 0 saturated carbocycles. The second-order valence-corrected chi connectivity index (χ2v) is 8.08. The number of sulfonamides is 1. The molecule has 0 bridgehead atoms. The first-order valence-electron chi connectivity index (χ1n) is 8.15. The van der Waals surface area contributed by atoms with Crippen molar-refractivity contribution >= 4 is 15.8 Å². The lowest BCUT2D eigenvalue weighted by molar-refractivity contribution is 0.0875. The number of benzene rings is 2. The van der Waals surface area contributed by atoms with E-state index in [2.05, 4.69) is 0 Å². The number of hydrogen-bond donors (Lipinski definition) is 0. The zero-order chi connectivity index (χ0) is 17.2. The molecule has 0 atom stereocenters. The van der Waals surface area contributed by atoms with Crippen molar-refractivity contribution in [1.82, 2.24) is 4.31 Å².